The van der Waals surface area contributed by atoms with Crippen molar-refractivity contribution >= 4 is 53.2 Å². The highest BCUT2D eigenvalue weighted by molar-refractivity contribution is 9.13. The van der Waals surface area contributed by atoms with E-state index in [1.165, 1.54) is 14.2 Å². The van der Waals surface area contributed by atoms with Gasteiger partial charge in [-0.15, -0.1) is 11.3 Å². The van der Waals surface area contributed by atoms with Crippen LogP contribution in [0.5, 0.6) is 11.5 Å². The van der Waals surface area contributed by atoms with Gasteiger partial charge in [-0.3, -0.25) is 0 Å². The van der Waals surface area contributed by atoms with Crippen LogP contribution in [-0.4, -0.2) is 22.6 Å². The van der Waals surface area contributed by atoms with Crippen LogP contribution in [0.2, 0.25) is 0 Å². The summed E-state index contributed by atoms with van der Waals surface area (Å²) in [6.07, 6.45) is 0. The van der Waals surface area contributed by atoms with Gasteiger partial charge in [-0.2, -0.15) is 0 Å². The number of rotatable bonds is 6. The molecule has 0 saturated heterocycles. The molecule has 0 aliphatic rings. The smallest absolute Gasteiger partial charge is 0.250 e. The van der Waals surface area contributed by atoms with Gasteiger partial charge < -0.3 is 9.47 Å². The number of ether oxygens (including phenoxy) is 2. The van der Waals surface area contributed by atoms with Gasteiger partial charge >= 0.3 is 0 Å². The summed E-state index contributed by atoms with van der Waals surface area (Å²) in [5.41, 5.74) is 0.644. The van der Waals surface area contributed by atoms with Gasteiger partial charge in [-0.25, -0.2) is 13.1 Å². The fourth-order valence-corrected chi connectivity index (χ4v) is 5.66. The lowest BCUT2D eigenvalue weighted by Crippen LogP contribution is -2.23. The molecule has 22 heavy (non-hydrogen) atoms. The summed E-state index contributed by atoms with van der Waals surface area (Å²) in [6, 6.07) is 6.84. The van der Waals surface area contributed by atoms with E-state index >= 15 is 0 Å². The van der Waals surface area contributed by atoms with E-state index in [-0.39, 0.29) is 10.8 Å². The maximum atomic E-state index is 12.3. The first-order valence-corrected chi connectivity index (χ1v) is 9.92. The molecule has 0 bridgehead atoms. The number of benzene rings is 1. The number of thiophene rings is 1. The van der Waals surface area contributed by atoms with Crippen molar-refractivity contribution in [2.75, 3.05) is 14.2 Å². The summed E-state index contributed by atoms with van der Waals surface area (Å²) in [6.45, 7) is 0.0721. The number of halogens is 2. The van der Waals surface area contributed by atoms with E-state index in [1.54, 1.807) is 24.3 Å². The van der Waals surface area contributed by atoms with E-state index in [2.05, 4.69) is 36.6 Å². The molecule has 0 amide bonds. The predicted molar refractivity (Wildman–Crippen MR) is 93.3 cm³/mol. The monoisotopic (exact) mass is 469 g/mol. The number of hydrogen-bond acceptors (Lipinski definition) is 5. The van der Waals surface area contributed by atoms with Gasteiger partial charge in [0.25, 0.3) is 0 Å². The van der Waals surface area contributed by atoms with Crippen LogP contribution >= 0.6 is 43.2 Å². The number of hydrogen-bond donors (Lipinski definition) is 1. The molecule has 0 aliphatic carbocycles. The van der Waals surface area contributed by atoms with Crippen LogP contribution in [0.4, 0.5) is 0 Å². The van der Waals surface area contributed by atoms with E-state index in [1.807, 2.05) is 0 Å². The van der Waals surface area contributed by atoms with Crippen LogP contribution in [0.25, 0.3) is 0 Å². The summed E-state index contributed by atoms with van der Waals surface area (Å²) in [7, 11) is -0.557. The van der Waals surface area contributed by atoms with E-state index in [4.69, 9.17) is 9.47 Å². The summed E-state index contributed by atoms with van der Waals surface area (Å²) >= 11 is 7.70. The Bertz CT molecular complexity index is 733. The Morgan fingerprint density at radius 1 is 1.18 bits per heavy atom. The molecule has 1 heterocycles. The first-order valence-electron chi connectivity index (χ1n) is 6.03. The number of nitrogens with one attached hydrogen (secondary N) is 1. The Kier molecular flexibility index (Phi) is 5.89. The molecule has 1 N–H and O–H groups in total. The highest BCUT2D eigenvalue weighted by Gasteiger charge is 2.20. The maximum Gasteiger partial charge on any atom is 0.250 e. The second-order valence-corrected chi connectivity index (χ2v) is 9.37. The molecule has 0 aliphatic heterocycles. The molecule has 120 valence electrons. The third-order valence-electron chi connectivity index (χ3n) is 2.86. The molecule has 0 fully saturated rings. The molecule has 5 nitrogen and oxygen atoms in total. The van der Waals surface area contributed by atoms with E-state index in [9.17, 15) is 8.42 Å². The van der Waals surface area contributed by atoms with Crippen molar-refractivity contribution in [3.8, 4) is 11.5 Å². The maximum absolute atomic E-state index is 12.3. The van der Waals surface area contributed by atoms with E-state index in [0.717, 1.165) is 15.1 Å². The van der Waals surface area contributed by atoms with Crippen LogP contribution in [0.3, 0.4) is 0 Å². The van der Waals surface area contributed by atoms with Gasteiger partial charge in [-0.05, 0) is 50.1 Å². The molecule has 0 spiro atoms. The standard InChI is InChI=1S/C13H13Br2NO4S2/c1-19-10-4-3-5-11(20-2)8(10)7-16-22(17,18)12-6-9(14)13(15)21-12/h3-6,16H,7H2,1-2H3. The van der Waals surface area contributed by atoms with Crippen molar-refractivity contribution in [2.45, 2.75) is 10.8 Å². The second-order valence-electron chi connectivity index (χ2n) is 4.15. The van der Waals surface area contributed by atoms with Gasteiger partial charge in [0, 0.05) is 11.0 Å². The minimum Gasteiger partial charge on any atom is -0.496 e. The normalized spacial score (nSPS) is 11.5. The quantitative estimate of drug-likeness (QED) is 0.697. The minimum atomic E-state index is -3.61. The first-order chi connectivity index (χ1) is 10.4. The number of sulfonamides is 1. The molecule has 2 aromatic rings. The van der Waals surface area contributed by atoms with E-state index in [0.29, 0.717) is 21.5 Å². The summed E-state index contributed by atoms with van der Waals surface area (Å²) in [5.74, 6) is 1.13. The first kappa shape index (κ1) is 17.7. The highest BCUT2D eigenvalue weighted by atomic mass is 79.9. The predicted octanol–water partition coefficient (Wildman–Crippen LogP) is 3.77. The molecule has 2 rings (SSSR count). The summed E-state index contributed by atoms with van der Waals surface area (Å²) < 4.78 is 39.4. The zero-order valence-electron chi connectivity index (χ0n) is 11.7. The molecule has 0 saturated carbocycles. The third-order valence-corrected chi connectivity index (χ3v) is 7.99. The van der Waals surface area contributed by atoms with Gasteiger partial charge in [0.15, 0.2) is 0 Å². The van der Waals surface area contributed by atoms with E-state index < -0.39 is 10.0 Å². The third kappa shape index (κ3) is 3.83. The second kappa shape index (κ2) is 7.31. The van der Waals surface area contributed by atoms with Gasteiger partial charge in [0.05, 0.1) is 23.6 Å². The van der Waals surface area contributed by atoms with Gasteiger partial charge in [-0.1, -0.05) is 6.07 Å². The van der Waals surface area contributed by atoms with Crippen LogP contribution in [-0.2, 0) is 16.6 Å². The molecular weight excluding hydrogens is 458 g/mol. The molecule has 0 unspecified atom stereocenters. The Balaban J connectivity index is 2.26. The van der Waals surface area contributed by atoms with Gasteiger partial charge in [0.1, 0.15) is 15.7 Å². The van der Waals surface area contributed by atoms with Crippen molar-refractivity contribution in [1.82, 2.24) is 4.72 Å². The molecule has 0 atom stereocenters. The molecule has 1 aromatic carbocycles. The van der Waals surface area contributed by atoms with Crippen molar-refractivity contribution in [2.24, 2.45) is 0 Å². The Morgan fingerprint density at radius 2 is 1.77 bits per heavy atom. The number of methoxy groups -OCH3 is 2. The lowest BCUT2D eigenvalue weighted by atomic mass is 10.2. The fraction of sp³-hybridized carbons (Fsp3) is 0.231. The largest absolute Gasteiger partial charge is 0.496 e. The fourth-order valence-electron chi connectivity index (χ4n) is 1.80. The Labute approximate surface area is 149 Å². The molecular formula is C13H13Br2NO4S2. The average molecular weight is 471 g/mol. The van der Waals surface area contributed by atoms with Crippen LogP contribution in [0.15, 0.2) is 36.7 Å². The Hall–Kier alpha value is -0.610. The van der Waals surface area contributed by atoms with Crippen LogP contribution in [0, 0.1) is 0 Å². The van der Waals surface area contributed by atoms with Crippen LogP contribution in [0.1, 0.15) is 5.56 Å². The lowest BCUT2D eigenvalue weighted by molar-refractivity contribution is 0.384. The molecule has 0 radical (unpaired) electrons. The highest BCUT2D eigenvalue weighted by Crippen LogP contribution is 2.35. The average Bonchev–Trinajstić information content (AvgIpc) is 2.85. The van der Waals surface area contributed by atoms with Crippen molar-refractivity contribution < 1.29 is 17.9 Å². The van der Waals surface area contributed by atoms with Crippen molar-refractivity contribution in [3.05, 3.63) is 38.1 Å². The molecule has 9 heteroatoms. The summed E-state index contributed by atoms with van der Waals surface area (Å²) in [4.78, 5) is 0. The lowest BCUT2D eigenvalue weighted by Gasteiger charge is -2.13. The van der Waals surface area contributed by atoms with Crippen LogP contribution < -0.4 is 14.2 Å². The zero-order valence-corrected chi connectivity index (χ0v) is 16.5. The molecule has 1 aromatic heterocycles. The van der Waals surface area contributed by atoms with Crippen molar-refractivity contribution in [1.29, 1.82) is 0 Å². The summed E-state index contributed by atoms with van der Waals surface area (Å²) in [5, 5.41) is 0. The topological polar surface area (TPSA) is 64.6 Å². The van der Waals surface area contributed by atoms with Gasteiger partial charge in [0.2, 0.25) is 10.0 Å². The zero-order chi connectivity index (χ0) is 16.3. The SMILES string of the molecule is COc1cccc(OC)c1CNS(=O)(=O)c1cc(Br)c(Br)s1. The van der Waals surface area contributed by atoms with Crippen molar-refractivity contribution in [3.63, 3.8) is 0 Å². The minimum absolute atomic E-state index is 0.0721. The Morgan fingerprint density at radius 3 is 2.23 bits per heavy atom.